The van der Waals surface area contributed by atoms with E-state index in [0.29, 0.717) is 18.4 Å². The highest BCUT2D eigenvalue weighted by Crippen LogP contribution is 2.22. The molecule has 3 nitrogen and oxygen atoms in total. The highest BCUT2D eigenvalue weighted by Gasteiger charge is 2.21. The van der Waals surface area contributed by atoms with E-state index in [1.54, 1.807) is 11.0 Å². The molecule has 0 N–H and O–H groups in total. The van der Waals surface area contributed by atoms with Gasteiger partial charge in [-0.3, -0.25) is 4.79 Å². The van der Waals surface area contributed by atoms with Crippen molar-refractivity contribution >= 4 is 21.8 Å². The SMILES string of the molecule is CCN(CCBr)C(=O)c1c(F)cccc1OC. The van der Waals surface area contributed by atoms with Crippen LogP contribution in [0.3, 0.4) is 0 Å². The maximum atomic E-state index is 13.7. The predicted octanol–water partition coefficient (Wildman–Crippen LogP) is 2.69. The molecule has 0 saturated heterocycles. The highest BCUT2D eigenvalue weighted by molar-refractivity contribution is 9.09. The normalized spacial score (nSPS) is 10.1. The number of amides is 1. The fourth-order valence-electron chi connectivity index (χ4n) is 1.55. The lowest BCUT2D eigenvalue weighted by Crippen LogP contribution is -2.33. The predicted molar refractivity (Wildman–Crippen MR) is 68.3 cm³/mol. The molecule has 1 rings (SSSR count). The Balaban J connectivity index is 3.09. The second kappa shape index (κ2) is 6.59. The van der Waals surface area contributed by atoms with Crippen molar-refractivity contribution in [3.63, 3.8) is 0 Å². The summed E-state index contributed by atoms with van der Waals surface area (Å²) in [4.78, 5) is 13.7. The number of carbonyl (C=O) groups is 1. The summed E-state index contributed by atoms with van der Waals surface area (Å²) in [5, 5.41) is 0.656. The van der Waals surface area contributed by atoms with Gasteiger partial charge >= 0.3 is 0 Å². The van der Waals surface area contributed by atoms with E-state index in [0.717, 1.165) is 0 Å². The molecule has 0 atom stereocenters. The first-order valence-electron chi connectivity index (χ1n) is 5.33. The van der Waals surface area contributed by atoms with Crippen molar-refractivity contribution in [1.29, 1.82) is 0 Å². The van der Waals surface area contributed by atoms with Gasteiger partial charge in [0.2, 0.25) is 0 Å². The van der Waals surface area contributed by atoms with Crippen LogP contribution in [0.15, 0.2) is 18.2 Å². The van der Waals surface area contributed by atoms with Crippen LogP contribution in [0, 0.1) is 5.82 Å². The van der Waals surface area contributed by atoms with E-state index in [1.807, 2.05) is 6.92 Å². The van der Waals surface area contributed by atoms with Crippen LogP contribution in [0.4, 0.5) is 4.39 Å². The second-order valence-electron chi connectivity index (χ2n) is 3.39. The van der Waals surface area contributed by atoms with Gasteiger partial charge in [-0.2, -0.15) is 0 Å². The molecule has 94 valence electrons. The van der Waals surface area contributed by atoms with Gasteiger partial charge in [0.05, 0.1) is 7.11 Å². The Morgan fingerprint density at radius 2 is 2.24 bits per heavy atom. The molecule has 0 aliphatic heterocycles. The maximum Gasteiger partial charge on any atom is 0.260 e. The third-order valence-electron chi connectivity index (χ3n) is 2.43. The molecule has 1 amide bonds. The standard InChI is InChI=1S/C12H15BrFNO2/c1-3-15(8-7-13)12(16)11-9(14)5-4-6-10(11)17-2/h4-6H,3,7-8H2,1-2H3. The number of hydrogen-bond donors (Lipinski definition) is 0. The summed E-state index contributed by atoms with van der Waals surface area (Å²) >= 11 is 3.27. The summed E-state index contributed by atoms with van der Waals surface area (Å²) in [6.07, 6.45) is 0. The molecule has 0 spiro atoms. The summed E-state index contributed by atoms with van der Waals surface area (Å²) in [6.45, 7) is 2.92. The molecule has 0 fully saturated rings. The number of methoxy groups -OCH3 is 1. The zero-order valence-electron chi connectivity index (χ0n) is 9.87. The molecule has 0 aliphatic carbocycles. The largest absolute Gasteiger partial charge is 0.496 e. The van der Waals surface area contributed by atoms with E-state index in [9.17, 15) is 9.18 Å². The Bertz CT molecular complexity index is 398. The molecule has 5 heteroatoms. The van der Waals surface area contributed by atoms with Crippen LogP contribution in [-0.4, -0.2) is 36.3 Å². The van der Waals surface area contributed by atoms with Crippen LogP contribution in [0.5, 0.6) is 5.75 Å². The summed E-state index contributed by atoms with van der Waals surface area (Å²) < 4.78 is 18.7. The van der Waals surface area contributed by atoms with Crippen molar-refractivity contribution in [2.24, 2.45) is 0 Å². The minimum atomic E-state index is -0.553. The number of halogens is 2. The Labute approximate surface area is 109 Å². The maximum absolute atomic E-state index is 13.7. The Morgan fingerprint density at radius 3 is 2.76 bits per heavy atom. The van der Waals surface area contributed by atoms with Crippen molar-refractivity contribution in [3.05, 3.63) is 29.6 Å². The minimum absolute atomic E-state index is 0.00204. The molecule has 0 radical (unpaired) electrons. The van der Waals surface area contributed by atoms with Crippen LogP contribution in [0.2, 0.25) is 0 Å². The third kappa shape index (κ3) is 3.19. The lowest BCUT2D eigenvalue weighted by atomic mass is 10.1. The molecule has 0 aromatic heterocycles. The van der Waals surface area contributed by atoms with Crippen LogP contribution in [0.25, 0.3) is 0 Å². The molecular formula is C12H15BrFNO2. The molecule has 0 aliphatic rings. The van der Waals surface area contributed by atoms with Gasteiger partial charge in [-0.1, -0.05) is 22.0 Å². The number of ether oxygens (including phenoxy) is 1. The minimum Gasteiger partial charge on any atom is -0.496 e. The number of rotatable bonds is 5. The fourth-order valence-corrected chi connectivity index (χ4v) is 1.97. The summed E-state index contributed by atoms with van der Waals surface area (Å²) in [7, 11) is 1.42. The van der Waals surface area contributed by atoms with E-state index in [2.05, 4.69) is 15.9 Å². The van der Waals surface area contributed by atoms with E-state index in [1.165, 1.54) is 19.2 Å². The topological polar surface area (TPSA) is 29.5 Å². The lowest BCUT2D eigenvalue weighted by Gasteiger charge is -2.21. The van der Waals surface area contributed by atoms with E-state index in [4.69, 9.17) is 4.74 Å². The molecular weight excluding hydrogens is 289 g/mol. The van der Waals surface area contributed by atoms with Gasteiger partial charge in [-0.25, -0.2) is 4.39 Å². The number of hydrogen-bond acceptors (Lipinski definition) is 2. The third-order valence-corrected chi connectivity index (χ3v) is 2.79. The first-order chi connectivity index (χ1) is 8.15. The Hall–Kier alpha value is -1.10. The van der Waals surface area contributed by atoms with Crippen LogP contribution in [0.1, 0.15) is 17.3 Å². The monoisotopic (exact) mass is 303 g/mol. The van der Waals surface area contributed by atoms with Gasteiger partial charge in [-0.15, -0.1) is 0 Å². The first kappa shape index (κ1) is 14.0. The number of alkyl halides is 1. The van der Waals surface area contributed by atoms with Crippen LogP contribution in [-0.2, 0) is 0 Å². The van der Waals surface area contributed by atoms with E-state index in [-0.39, 0.29) is 17.2 Å². The quantitative estimate of drug-likeness (QED) is 0.783. The van der Waals surface area contributed by atoms with Gasteiger partial charge < -0.3 is 9.64 Å². The molecule has 17 heavy (non-hydrogen) atoms. The van der Waals surface area contributed by atoms with Crippen molar-refractivity contribution in [2.75, 3.05) is 25.5 Å². The lowest BCUT2D eigenvalue weighted by molar-refractivity contribution is 0.0766. The summed E-state index contributed by atoms with van der Waals surface area (Å²) in [5.74, 6) is -0.632. The smallest absolute Gasteiger partial charge is 0.260 e. The molecule has 0 bridgehead atoms. The van der Waals surface area contributed by atoms with Crippen molar-refractivity contribution in [2.45, 2.75) is 6.92 Å². The van der Waals surface area contributed by atoms with Gasteiger partial charge in [0.1, 0.15) is 17.1 Å². The number of carbonyl (C=O) groups excluding carboxylic acids is 1. The van der Waals surface area contributed by atoms with E-state index < -0.39 is 5.82 Å². The van der Waals surface area contributed by atoms with Crippen LogP contribution >= 0.6 is 15.9 Å². The fraction of sp³-hybridized carbons (Fsp3) is 0.417. The average molecular weight is 304 g/mol. The molecule has 1 aromatic carbocycles. The zero-order valence-corrected chi connectivity index (χ0v) is 11.5. The van der Waals surface area contributed by atoms with Gasteiger partial charge in [0.25, 0.3) is 5.91 Å². The molecule has 0 unspecified atom stereocenters. The highest BCUT2D eigenvalue weighted by atomic mass is 79.9. The van der Waals surface area contributed by atoms with Crippen molar-refractivity contribution in [1.82, 2.24) is 4.90 Å². The van der Waals surface area contributed by atoms with Gasteiger partial charge in [-0.05, 0) is 19.1 Å². The molecule has 1 aromatic rings. The molecule has 0 saturated carbocycles. The van der Waals surface area contributed by atoms with Crippen LogP contribution < -0.4 is 4.74 Å². The first-order valence-corrected chi connectivity index (χ1v) is 6.45. The summed E-state index contributed by atoms with van der Waals surface area (Å²) in [6, 6.07) is 4.36. The second-order valence-corrected chi connectivity index (χ2v) is 4.18. The van der Waals surface area contributed by atoms with Gasteiger partial charge in [0, 0.05) is 18.4 Å². The van der Waals surface area contributed by atoms with E-state index >= 15 is 0 Å². The molecule has 0 heterocycles. The summed E-state index contributed by atoms with van der Waals surface area (Å²) in [5.41, 5.74) is -0.00204. The Kier molecular flexibility index (Phi) is 5.41. The van der Waals surface area contributed by atoms with Crippen molar-refractivity contribution < 1.29 is 13.9 Å². The zero-order chi connectivity index (χ0) is 12.8. The average Bonchev–Trinajstić information content (AvgIpc) is 2.34. The number of nitrogens with zero attached hydrogens (tertiary/aromatic N) is 1. The van der Waals surface area contributed by atoms with Crippen molar-refractivity contribution in [3.8, 4) is 5.75 Å². The Morgan fingerprint density at radius 1 is 1.53 bits per heavy atom. The van der Waals surface area contributed by atoms with Gasteiger partial charge in [0.15, 0.2) is 0 Å². The number of benzene rings is 1.